The Morgan fingerprint density at radius 1 is 0.415 bits per heavy atom. The Morgan fingerprint density at radius 3 is 0.941 bits per heavy atom. The fourth-order valence-corrected chi connectivity index (χ4v) is 17.5. The number of hydrogen-bond donors (Lipinski definition) is 1. The molecule has 6 amide bonds. The van der Waals surface area contributed by atoms with Crippen molar-refractivity contribution in [1.29, 1.82) is 0 Å². The van der Waals surface area contributed by atoms with Crippen LogP contribution in [0.2, 0.25) is 15.1 Å². The number of halogens is 3. The summed E-state index contributed by atoms with van der Waals surface area (Å²) in [5, 5.41) is 4.92. The van der Waals surface area contributed by atoms with Gasteiger partial charge in [0.1, 0.15) is 0 Å². The third-order valence-electron chi connectivity index (χ3n) is 24.9. The summed E-state index contributed by atoms with van der Waals surface area (Å²) in [5.41, 5.74) is 7.59. The molecule has 21 nitrogen and oxygen atoms in total. The fourth-order valence-electron chi connectivity index (χ4n) is 16.8. The van der Waals surface area contributed by atoms with Gasteiger partial charge in [-0.1, -0.05) is 126 Å². The molecule has 26 heteroatoms. The Balaban J connectivity index is 0.000000226. The SMILES string of the molecule is CC(=O)OOC(C)=O.CN(C)C(=O)c1ccc(N(C)CCC2CC23CCN(C(=O)C(C)(C)c2ccccc2)CC3)cc1Cl.CN(C)C(=O)c1ccc(N(C)CC[C@@H]2CC23CCN(C(=O)C(C)(C)c2ccccc2)CC3)cc1Cl.CN(C)C(=O)c1ccc(NCCC2CC23CCN(C(=O)C(C)(C)c2ccccc2)CC3)cc1Cl.[B-]OC(C)=O.[Na+]. The molecule has 3 saturated carbocycles. The predicted molar refractivity (Wildman–Crippen MR) is 466 cm³/mol. The number of rotatable bonds is 21. The molecule has 3 radical (unpaired) electrons. The van der Waals surface area contributed by atoms with Gasteiger partial charge in [-0.2, -0.15) is 0 Å². The Labute approximate surface area is 738 Å². The molecule has 2 unspecified atom stereocenters. The molecule has 3 aliphatic carbocycles. The summed E-state index contributed by atoms with van der Waals surface area (Å²) in [6.07, 6.45) is 13.8. The number of amides is 6. The van der Waals surface area contributed by atoms with E-state index in [9.17, 15) is 43.2 Å². The van der Waals surface area contributed by atoms with E-state index >= 15 is 0 Å². The van der Waals surface area contributed by atoms with Crippen LogP contribution in [0.4, 0.5) is 17.1 Å². The first kappa shape index (κ1) is 97.0. The van der Waals surface area contributed by atoms with Crippen LogP contribution in [0.3, 0.4) is 0 Å². The number of carbonyl (C=O) groups excluding carboxylic acids is 9. The van der Waals surface area contributed by atoms with E-state index in [1.54, 1.807) is 58.2 Å². The van der Waals surface area contributed by atoms with Gasteiger partial charge in [0.25, 0.3) is 17.7 Å². The summed E-state index contributed by atoms with van der Waals surface area (Å²) in [5.74, 6) is 0.863. The van der Waals surface area contributed by atoms with Gasteiger partial charge >= 0.3 is 41.5 Å². The Bertz CT molecular complexity index is 4250. The van der Waals surface area contributed by atoms with Crippen molar-refractivity contribution < 1.29 is 87.1 Å². The van der Waals surface area contributed by atoms with Crippen molar-refractivity contribution in [3.8, 4) is 0 Å². The quantitative estimate of drug-likeness (QED) is 0.0402. The van der Waals surface area contributed by atoms with Crippen LogP contribution in [0.25, 0.3) is 0 Å². The van der Waals surface area contributed by atoms with Crippen LogP contribution in [0.1, 0.15) is 187 Å². The maximum Gasteiger partial charge on any atom is 1.00 e. The van der Waals surface area contributed by atoms with Crippen molar-refractivity contribution in [1.82, 2.24) is 29.4 Å². The molecule has 3 aliphatic heterocycles. The molecular formula is C92H121BCl3N9NaO12. The molecule has 1 N–H and O–H groups in total. The second-order valence-corrected chi connectivity index (χ2v) is 35.9. The molecule has 6 fully saturated rings. The Morgan fingerprint density at radius 2 is 0.686 bits per heavy atom. The van der Waals surface area contributed by atoms with Crippen LogP contribution in [-0.2, 0) is 59.4 Å². The summed E-state index contributed by atoms with van der Waals surface area (Å²) < 4.78 is 3.61. The van der Waals surface area contributed by atoms with E-state index in [2.05, 4.69) is 90.7 Å². The summed E-state index contributed by atoms with van der Waals surface area (Å²) in [7, 11) is 18.9. The maximum absolute atomic E-state index is 13.3. The summed E-state index contributed by atoms with van der Waals surface area (Å²) in [4.78, 5) is 129. The van der Waals surface area contributed by atoms with E-state index in [0.29, 0.717) is 53.9 Å². The van der Waals surface area contributed by atoms with Gasteiger partial charge in [0.2, 0.25) is 23.7 Å². The number of carbonyl (C=O) groups is 9. The Hall–Kier alpha value is -8.12. The van der Waals surface area contributed by atoms with Gasteiger partial charge in [-0.3, -0.25) is 33.6 Å². The standard InChI is InChI=1S/2C29H38ClN3O2.C28H36ClN3O2.C4H6O4.C2H3BO2.Na/c2*1-28(2,21-9-7-6-8-10-21)27(35)33-17-14-29(15-18-33)20-22(29)13-16-32(5)23-11-12-24(25(30)19-23)26(34)31(3)4;1-27(2,20-8-6-5-7-9-20)26(34)32-16-13-28(14-17-32)19-21(28)12-15-30-22-10-11-23(24(29)18-22)25(33)31(3)4;1-3(5)7-8-4(2)6;1-2(4)5-3;/h2*6-12,19,22H,13-18,20H2,1-5H3;5-11,18,21,30H,12-17,19H2,1-4H3;1-2H3;1H3;/q;;;;-1;+1/t22-;;;;;/m1...../s1. The smallest absolute Gasteiger partial charge is 0.793 e. The van der Waals surface area contributed by atoms with Crippen LogP contribution in [0.15, 0.2) is 146 Å². The first-order valence-electron chi connectivity index (χ1n) is 40.6. The first-order valence-corrected chi connectivity index (χ1v) is 41.7. The van der Waals surface area contributed by atoms with Gasteiger partial charge in [-0.15, -0.1) is 0 Å². The molecule has 3 saturated heterocycles. The number of nitrogens with one attached hydrogen (secondary N) is 1. The van der Waals surface area contributed by atoms with Crippen molar-refractivity contribution in [2.24, 2.45) is 34.0 Å². The van der Waals surface area contributed by atoms with Gasteiger partial charge in [0, 0.05) is 153 Å². The summed E-state index contributed by atoms with van der Waals surface area (Å²) in [6, 6.07) is 47.2. The third kappa shape index (κ3) is 25.3. The second kappa shape index (κ2) is 42.4. The largest absolute Gasteiger partial charge is 1.00 e. The normalized spacial score (nSPS) is 17.5. The van der Waals surface area contributed by atoms with Gasteiger partial charge in [0.05, 0.1) is 48.0 Å². The van der Waals surface area contributed by atoms with Crippen molar-refractivity contribution in [3.05, 3.63) is 194 Å². The van der Waals surface area contributed by atoms with Crippen LogP contribution in [-0.4, -0.2) is 206 Å². The van der Waals surface area contributed by atoms with Gasteiger partial charge in [-0.25, -0.2) is 19.4 Å². The molecule has 3 spiro atoms. The third-order valence-corrected chi connectivity index (χ3v) is 25.8. The number of benzene rings is 6. The van der Waals surface area contributed by atoms with Gasteiger partial charge in [-0.05, 0) is 224 Å². The van der Waals surface area contributed by atoms with E-state index in [4.69, 9.17) is 34.8 Å². The average molecular weight is 1690 g/mol. The number of anilines is 3. The molecule has 0 bridgehead atoms. The van der Waals surface area contributed by atoms with Crippen molar-refractivity contribution in [3.63, 3.8) is 0 Å². The molecule has 6 aromatic rings. The minimum atomic E-state index is -0.639. The van der Waals surface area contributed by atoms with Gasteiger partial charge < -0.3 is 57.2 Å². The molecule has 3 heterocycles. The minimum Gasteiger partial charge on any atom is -0.793 e. The summed E-state index contributed by atoms with van der Waals surface area (Å²) >= 11 is 19.1. The minimum absolute atomic E-state index is 0. The van der Waals surface area contributed by atoms with E-state index in [1.165, 1.54) is 31.1 Å². The van der Waals surface area contributed by atoms with Crippen LogP contribution in [0.5, 0.6) is 0 Å². The summed E-state index contributed by atoms with van der Waals surface area (Å²) in [6.45, 7) is 23.7. The molecule has 631 valence electrons. The van der Waals surface area contributed by atoms with Crippen LogP contribution in [0, 0.1) is 34.0 Å². The fraction of sp³-hybridized carbons (Fsp3) is 0.511. The van der Waals surface area contributed by atoms with E-state index in [1.807, 2.05) is 157 Å². The zero-order chi connectivity index (χ0) is 86.1. The van der Waals surface area contributed by atoms with Crippen molar-refractivity contribution >= 4 is 113 Å². The predicted octanol–water partition coefficient (Wildman–Crippen LogP) is 13.1. The first-order chi connectivity index (χ1) is 55.1. The number of likely N-dealkylation sites (tertiary alicyclic amines) is 3. The van der Waals surface area contributed by atoms with Crippen LogP contribution >= 0.6 is 34.8 Å². The van der Waals surface area contributed by atoms with Gasteiger partial charge in [0.15, 0.2) is 0 Å². The molecule has 0 aromatic heterocycles. The van der Waals surface area contributed by atoms with E-state index < -0.39 is 34.2 Å². The number of nitrogens with zero attached hydrogens (tertiary/aromatic N) is 8. The number of piperidine rings is 3. The molecule has 3 atom stereocenters. The second-order valence-electron chi connectivity index (χ2n) is 34.7. The Kier molecular flexibility index (Phi) is 34.9. The molecule has 6 aliphatic rings. The van der Waals surface area contributed by atoms with Crippen molar-refractivity contribution in [2.45, 2.75) is 156 Å². The van der Waals surface area contributed by atoms with Crippen LogP contribution < -0.4 is 44.7 Å². The monoisotopic (exact) mass is 1680 g/mol. The average Bonchev–Trinajstić information content (AvgIpc) is 1.59. The number of hydrogen-bond acceptors (Lipinski definition) is 15. The van der Waals surface area contributed by atoms with Crippen molar-refractivity contribution in [2.75, 3.05) is 130 Å². The molecule has 12 rings (SSSR count). The molecule has 6 aromatic carbocycles. The van der Waals surface area contributed by atoms with E-state index in [-0.39, 0.29) is 65.0 Å². The van der Waals surface area contributed by atoms with E-state index in [0.717, 1.165) is 176 Å². The zero-order valence-electron chi connectivity index (χ0n) is 72.6. The maximum atomic E-state index is 13.3. The topological polar surface area (TPSA) is 219 Å². The molecule has 118 heavy (non-hydrogen) atoms. The zero-order valence-corrected chi connectivity index (χ0v) is 76.9. The molecular weight excluding hydrogens is 1560 g/mol.